The summed E-state index contributed by atoms with van der Waals surface area (Å²) in [6.07, 6.45) is 5.84. The number of carbonyl (C=O) groups excluding carboxylic acids is 1. The van der Waals surface area contributed by atoms with Crippen LogP contribution in [0.1, 0.15) is 55.3 Å². The van der Waals surface area contributed by atoms with Crippen LogP contribution in [0.5, 0.6) is 0 Å². The predicted octanol–water partition coefficient (Wildman–Crippen LogP) is 4.05. The molecule has 0 radical (unpaired) electrons. The highest BCUT2D eigenvalue weighted by atomic mass is 35.5. The molecule has 2 saturated carbocycles. The van der Waals surface area contributed by atoms with E-state index in [0.717, 1.165) is 43.5 Å². The monoisotopic (exact) mass is 409 g/mol. The summed E-state index contributed by atoms with van der Waals surface area (Å²) in [5, 5.41) is 8.28. The molecule has 0 atom stereocenters. The largest absolute Gasteiger partial charge is 0.362 e. The Bertz CT molecular complexity index is 831. The van der Waals surface area contributed by atoms with Crippen molar-refractivity contribution in [1.82, 2.24) is 15.5 Å². The number of aromatic nitrogens is 2. The number of hydrogen-bond donors (Lipinski definition) is 1. The van der Waals surface area contributed by atoms with Crippen molar-refractivity contribution in [3.8, 4) is 0 Å². The van der Waals surface area contributed by atoms with Crippen molar-refractivity contribution in [2.75, 3.05) is 6.61 Å². The minimum Gasteiger partial charge on any atom is -0.362 e. The first kappa shape index (κ1) is 18.7. The Morgan fingerprint density at radius 1 is 1.33 bits per heavy atom. The van der Waals surface area contributed by atoms with Crippen LogP contribution in [0.25, 0.3) is 0 Å². The molecule has 0 unspecified atom stereocenters. The van der Waals surface area contributed by atoms with Gasteiger partial charge in [-0.25, -0.2) is 0 Å². The van der Waals surface area contributed by atoms with E-state index in [9.17, 15) is 4.79 Å². The fraction of sp³-hybridized carbons (Fsp3) is 0.526. The van der Waals surface area contributed by atoms with Gasteiger partial charge in [0.15, 0.2) is 5.82 Å². The fourth-order valence-electron chi connectivity index (χ4n) is 3.38. The van der Waals surface area contributed by atoms with Crippen molar-refractivity contribution >= 4 is 29.1 Å². The lowest BCUT2D eigenvalue weighted by atomic mass is 9.72. The number of nitrogens with one attached hydrogen (secondary N) is 1. The average molecular weight is 410 g/mol. The lowest BCUT2D eigenvalue weighted by molar-refractivity contribution is -0.129. The molecule has 6 nitrogen and oxygen atoms in total. The number of amides is 1. The molecule has 27 heavy (non-hydrogen) atoms. The highest BCUT2D eigenvalue weighted by Gasteiger charge is 2.38. The Labute approximate surface area is 167 Å². The average Bonchev–Trinajstić information content (AvgIpc) is 3.34. The smallest absolute Gasteiger partial charge is 0.252 e. The van der Waals surface area contributed by atoms with Gasteiger partial charge in [0.2, 0.25) is 5.91 Å². The molecule has 1 aromatic heterocycles. The molecule has 2 aliphatic rings. The van der Waals surface area contributed by atoms with E-state index >= 15 is 0 Å². The molecule has 1 heterocycles. The van der Waals surface area contributed by atoms with E-state index in [1.807, 2.05) is 12.1 Å². The summed E-state index contributed by atoms with van der Waals surface area (Å²) in [6, 6.07) is 5.47. The molecule has 144 valence electrons. The van der Waals surface area contributed by atoms with Crippen LogP contribution in [0.4, 0.5) is 0 Å². The second-order valence-corrected chi connectivity index (χ2v) is 8.25. The molecule has 8 heteroatoms. The van der Waals surface area contributed by atoms with Gasteiger partial charge in [-0.05, 0) is 56.2 Å². The van der Waals surface area contributed by atoms with E-state index < -0.39 is 0 Å². The van der Waals surface area contributed by atoms with Gasteiger partial charge in [0, 0.05) is 21.5 Å². The molecule has 2 aliphatic carbocycles. The van der Waals surface area contributed by atoms with E-state index in [4.69, 9.17) is 32.5 Å². The lowest BCUT2D eigenvalue weighted by Gasteiger charge is -2.43. The van der Waals surface area contributed by atoms with Crippen molar-refractivity contribution in [1.29, 1.82) is 0 Å². The summed E-state index contributed by atoms with van der Waals surface area (Å²) in [7, 11) is 0. The van der Waals surface area contributed by atoms with Gasteiger partial charge >= 0.3 is 0 Å². The molecule has 1 aromatic carbocycles. The number of ether oxygens (including phenoxy) is 1. The lowest BCUT2D eigenvalue weighted by Crippen LogP contribution is -2.55. The first-order chi connectivity index (χ1) is 13.0. The third-order valence-electron chi connectivity index (χ3n) is 5.14. The third kappa shape index (κ3) is 4.62. The van der Waals surface area contributed by atoms with Gasteiger partial charge in [0.25, 0.3) is 5.89 Å². The summed E-state index contributed by atoms with van der Waals surface area (Å²) in [5.74, 6) is 1.44. The molecule has 0 bridgehead atoms. The third-order valence-corrected chi connectivity index (χ3v) is 5.73. The SMILES string of the molecule is O=C(COCc1nc(C2CC2)no1)NC1(Cc2ccc(Cl)cc2Cl)CCC1. The highest BCUT2D eigenvalue weighted by molar-refractivity contribution is 6.35. The van der Waals surface area contributed by atoms with Crippen LogP contribution in [0.2, 0.25) is 10.0 Å². The minimum absolute atomic E-state index is 0.0444. The number of hydrogen-bond acceptors (Lipinski definition) is 5. The summed E-state index contributed by atoms with van der Waals surface area (Å²) in [4.78, 5) is 16.6. The van der Waals surface area contributed by atoms with Gasteiger partial charge in [0.05, 0.1) is 0 Å². The van der Waals surface area contributed by atoms with E-state index in [-0.39, 0.29) is 24.7 Å². The molecule has 0 spiro atoms. The van der Waals surface area contributed by atoms with Crippen molar-refractivity contribution in [3.05, 3.63) is 45.5 Å². The predicted molar refractivity (Wildman–Crippen MR) is 101 cm³/mol. The maximum absolute atomic E-state index is 12.3. The first-order valence-corrected chi connectivity index (χ1v) is 9.94. The van der Waals surface area contributed by atoms with Crippen molar-refractivity contribution in [3.63, 3.8) is 0 Å². The molecule has 2 fully saturated rings. The highest BCUT2D eigenvalue weighted by Crippen LogP contribution is 2.38. The number of nitrogens with zero attached hydrogens (tertiary/aromatic N) is 2. The minimum atomic E-state index is -0.262. The number of benzene rings is 1. The number of halogens is 2. The van der Waals surface area contributed by atoms with Gasteiger partial charge < -0.3 is 14.6 Å². The topological polar surface area (TPSA) is 77.2 Å². The second kappa shape index (κ2) is 7.78. The molecule has 1 N–H and O–H groups in total. The summed E-state index contributed by atoms with van der Waals surface area (Å²) in [6.45, 7) is 0.0976. The van der Waals surface area contributed by atoms with Crippen LogP contribution in [0.3, 0.4) is 0 Å². The Balaban J connectivity index is 1.27. The van der Waals surface area contributed by atoms with Crippen molar-refractivity contribution < 1.29 is 14.1 Å². The number of carbonyl (C=O) groups is 1. The van der Waals surface area contributed by atoms with E-state index in [1.165, 1.54) is 0 Å². The second-order valence-electron chi connectivity index (χ2n) is 7.41. The molecule has 0 aliphatic heterocycles. The molecule has 1 amide bonds. The maximum atomic E-state index is 12.3. The maximum Gasteiger partial charge on any atom is 0.252 e. The zero-order valence-electron chi connectivity index (χ0n) is 14.8. The van der Waals surface area contributed by atoms with Crippen LogP contribution in [-0.4, -0.2) is 28.2 Å². The summed E-state index contributed by atoms with van der Waals surface area (Å²) < 4.78 is 10.6. The van der Waals surface area contributed by atoms with Crippen LogP contribution in [0.15, 0.2) is 22.7 Å². The van der Waals surface area contributed by atoms with E-state index in [2.05, 4.69) is 15.5 Å². The first-order valence-electron chi connectivity index (χ1n) is 9.18. The standard InChI is InChI=1S/C19H21Cl2N3O3/c20-14-5-4-13(15(21)8-14)9-19(6-1-7-19)23-16(25)10-26-11-17-22-18(24-27-17)12-2-3-12/h4-5,8,12H,1-3,6-7,9-11H2,(H,23,25). The normalized spacial score (nSPS) is 18.1. The summed E-state index contributed by atoms with van der Waals surface area (Å²) >= 11 is 12.3. The Kier molecular flexibility index (Phi) is 5.39. The van der Waals surface area contributed by atoms with Gasteiger partial charge in [-0.2, -0.15) is 4.98 Å². The van der Waals surface area contributed by atoms with Gasteiger partial charge in [-0.1, -0.05) is 34.4 Å². The Hall–Kier alpha value is -1.63. The molecular weight excluding hydrogens is 389 g/mol. The van der Waals surface area contributed by atoms with Gasteiger partial charge in [-0.15, -0.1) is 0 Å². The van der Waals surface area contributed by atoms with Crippen LogP contribution >= 0.6 is 23.2 Å². The van der Waals surface area contributed by atoms with Crippen molar-refractivity contribution in [2.45, 2.75) is 56.6 Å². The summed E-state index contributed by atoms with van der Waals surface area (Å²) in [5.41, 5.74) is 0.724. The van der Waals surface area contributed by atoms with Crippen LogP contribution in [0, 0.1) is 0 Å². The van der Waals surface area contributed by atoms with Crippen LogP contribution < -0.4 is 5.32 Å². The van der Waals surface area contributed by atoms with Gasteiger partial charge in [-0.3, -0.25) is 4.79 Å². The molecule has 4 rings (SSSR count). The zero-order valence-corrected chi connectivity index (χ0v) is 16.4. The Morgan fingerprint density at radius 2 is 2.15 bits per heavy atom. The molecule has 2 aromatic rings. The fourth-order valence-corrected chi connectivity index (χ4v) is 3.85. The number of rotatable bonds is 8. The van der Waals surface area contributed by atoms with Crippen LogP contribution in [-0.2, 0) is 22.6 Å². The van der Waals surface area contributed by atoms with E-state index in [1.54, 1.807) is 6.07 Å². The Morgan fingerprint density at radius 3 is 2.81 bits per heavy atom. The molecular formula is C19H21Cl2N3O3. The van der Waals surface area contributed by atoms with E-state index in [0.29, 0.717) is 28.3 Å². The van der Waals surface area contributed by atoms with Gasteiger partial charge in [0.1, 0.15) is 13.2 Å². The molecule has 0 saturated heterocycles. The zero-order chi connectivity index (χ0) is 18.9. The van der Waals surface area contributed by atoms with Crippen molar-refractivity contribution in [2.24, 2.45) is 0 Å². The quantitative estimate of drug-likeness (QED) is 0.711.